The number of hydrogen-bond donors (Lipinski definition) is 1. The van der Waals surface area contributed by atoms with Crippen LogP contribution in [-0.2, 0) is 0 Å². The number of nitrogens with one attached hydrogen (secondary N) is 1. The van der Waals surface area contributed by atoms with Gasteiger partial charge in [0, 0.05) is 27.2 Å². The first kappa shape index (κ1) is 13.0. The van der Waals surface area contributed by atoms with Gasteiger partial charge in [-0.05, 0) is 18.2 Å². The number of nitrogens with zero attached hydrogens (tertiary/aromatic N) is 1. The third-order valence-corrected chi connectivity index (χ3v) is 4.26. The molecule has 3 aromatic rings. The SMILES string of the molecule is Clc1ccc(Br)c(-c2nc3cc4c(cc3[nH]2)OCCO4)c1. The Morgan fingerprint density at radius 3 is 2.67 bits per heavy atom. The van der Waals surface area contributed by atoms with Gasteiger partial charge in [0.25, 0.3) is 0 Å². The topological polar surface area (TPSA) is 47.1 Å². The summed E-state index contributed by atoms with van der Waals surface area (Å²) < 4.78 is 12.1. The van der Waals surface area contributed by atoms with E-state index in [0.29, 0.717) is 18.2 Å². The van der Waals surface area contributed by atoms with Gasteiger partial charge in [0.2, 0.25) is 0 Å². The highest BCUT2D eigenvalue weighted by molar-refractivity contribution is 9.10. The number of aromatic amines is 1. The maximum atomic E-state index is 6.07. The summed E-state index contributed by atoms with van der Waals surface area (Å²) in [4.78, 5) is 7.91. The van der Waals surface area contributed by atoms with Gasteiger partial charge in [0.1, 0.15) is 19.0 Å². The number of hydrogen-bond acceptors (Lipinski definition) is 3. The first-order valence-corrected chi connectivity index (χ1v) is 7.62. The van der Waals surface area contributed by atoms with Crippen LogP contribution in [0, 0.1) is 0 Å². The normalized spacial score (nSPS) is 13.6. The van der Waals surface area contributed by atoms with Gasteiger partial charge in [-0.15, -0.1) is 0 Å². The summed E-state index contributed by atoms with van der Waals surface area (Å²) in [5, 5.41) is 0.666. The smallest absolute Gasteiger partial charge is 0.163 e. The third-order valence-electron chi connectivity index (χ3n) is 3.33. The average molecular weight is 366 g/mol. The highest BCUT2D eigenvalue weighted by Gasteiger charge is 2.16. The van der Waals surface area contributed by atoms with Gasteiger partial charge in [0.05, 0.1) is 11.0 Å². The van der Waals surface area contributed by atoms with Crippen LogP contribution in [0.15, 0.2) is 34.8 Å². The van der Waals surface area contributed by atoms with E-state index in [1.807, 2.05) is 30.3 Å². The van der Waals surface area contributed by atoms with Crippen LogP contribution in [0.25, 0.3) is 22.4 Å². The molecule has 1 aliphatic heterocycles. The predicted molar refractivity (Wildman–Crippen MR) is 85.2 cm³/mol. The molecule has 0 atom stereocenters. The van der Waals surface area contributed by atoms with Crippen molar-refractivity contribution in [2.75, 3.05) is 13.2 Å². The number of H-pyrrole nitrogens is 1. The van der Waals surface area contributed by atoms with Gasteiger partial charge < -0.3 is 14.5 Å². The molecular formula is C15H10BrClN2O2. The molecule has 0 aliphatic carbocycles. The van der Waals surface area contributed by atoms with Crippen molar-refractivity contribution in [1.29, 1.82) is 0 Å². The van der Waals surface area contributed by atoms with Gasteiger partial charge in [-0.1, -0.05) is 27.5 Å². The van der Waals surface area contributed by atoms with Crippen LogP contribution < -0.4 is 9.47 Å². The van der Waals surface area contributed by atoms with E-state index in [-0.39, 0.29) is 0 Å². The zero-order chi connectivity index (χ0) is 14.4. The van der Waals surface area contributed by atoms with Gasteiger partial charge in [-0.25, -0.2) is 4.98 Å². The van der Waals surface area contributed by atoms with E-state index in [1.54, 1.807) is 0 Å². The predicted octanol–water partition coefficient (Wildman–Crippen LogP) is 4.42. The van der Waals surface area contributed by atoms with E-state index >= 15 is 0 Å². The van der Waals surface area contributed by atoms with Crippen LogP contribution in [0.5, 0.6) is 11.5 Å². The van der Waals surface area contributed by atoms with Crippen LogP contribution in [0.2, 0.25) is 5.02 Å². The lowest BCUT2D eigenvalue weighted by atomic mass is 10.2. The number of aromatic nitrogens is 2. The van der Waals surface area contributed by atoms with E-state index in [2.05, 4.69) is 25.9 Å². The highest BCUT2D eigenvalue weighted by Crippen LogP contribution is 2.36. The molecule has 21 heavy (non-hydrogen) atoms. The van der Waals surface area contributed by atoms with Crippen LogP contribution >= 0.6 is 27.5 Å². The van der Waals surface area contributed by atoms with Crippen molar-refractivity contribution in [3.05, 3.63) is 39.8 Å². The molecule has 1 aliphatic rings. The summed E-state index contributed by atoms with van der Waals surface area (Å²) in [7, 11) is 0. The summed E-state index contributed by atoms with van der Waals surface area (Å²) >= 11 is 9.59. The second-order valence-electron chi connectivity index (χ2n) is 4.72. The molecule has 0 saturated carbocycles. The third kappa shape index (κ3) is 2.26. The largest absolute Gasteiger partial charge is 0.486 e. The molecule has 0 radical (unpaired) electrons. The highest BCUT2D eigenvalue weighted by atomic mass is 79.9. The van der Waals surface area contributed by atoms with Crippen LogP contribution in [0.3, 0.4) is 0 Å². The average Bonchev–Trinajstić information content (AvgIpc) is 2.89. The van der Waals surface area contributed by atoms with Gasteiger partial charge in [-0.2, -0.15) is 0 Å². The molecule has 106 valence electrons. The van der Waals surface area contributed by atoms with E-state index < -0.39 is 0 Å². The number of halogens is 2. The van der Waals surface area contributed by atoms with Crippen molar-refractivity contribution in [3.63, 3.8) is 0 Å². The van der Waals surface area contributed by atoms with Crippen LogP contribution in [-0.4, -0.2) is 23.2 Å². The maximum absolute atomic E-state index is 6.07. The van der Waals surface area contributed by atoms with Crippen molar-refractivity contribution in [1.82, 2.24) is 9.97 Å². The number of fused-ring (bicyclic) bond motifs is 2. The Kier molecular flexibility index (Phi) is 3.05. The molecule has 0 fully saturated rings. The molecule has 1 N–H and O–H groups in total. The summed E-state index contributed by atoms with van der Waals surface area (Å²) in [5.74, 6) is 2.23. The molecule has 0 unspecified atom stereocenters. The maximum Gasteiger partial charge on any atom is 0.163 e. The van der Waals surface area contributed by atoms with Gasteiger partial charge in [0.15, 0.2) is 11.5 Å². The van der Waals surface area contributed by atoms with Crippen LogP contribution in [0.4, 0.5) is 0 Å². The standard InChI is InChI=1S/C15H10BrClN2O2/c16-10-2-1-8(17)5-9(10)15-18-11-6-13-14(7-12(11)19-15)21-4-3-20-13/h1-2,5-7H,3-4H2,(H,18,19). The van der Waals surface area contributed by atoms with Crippen molar-refractivity contribution >= 4 is 38.6 Å². The van der Waals surface area contributed by atoms with Crippen molar-refractivity contribution in [3.8, 4) is 22.9 Å². The Morgan fingerprint density at radius 2 is 1.86 bits per heavy atom. The lowest BCUT2D eigenvalue weighted by molar-refractivity contribution is 0.172. The zero-order valence-electron chi connectivity index (χ0n) is 10.8. The fourth-order valence-electron chi connectivity index (χ4n) is 2.35. The summed E-state index contributed by atoms with van der Waals surface area (Å²) in [6.07, 6.45) is 0. The Balaban J connectivity index is 1.88. The molecule has 2 heterocycles. The number of imidazole rings is 1. The second-order valence-corrected chi connectivity index (χ2v) is 6.01. The van der Waals surface area contributed by atoms with E-state index in [0.717, 1.165) is 38.4 Å². The number of rotatable bonds is 1. The summed E-state index contributed by atoms with van der Waals surface area (Å²) in [5.41, 5.74) is 2.65. The Hall–Kier alpha value is -1.72. The molecule has 0 bridgehead atoms. The first-order chi connectivity index (χ1) is 10.2. The molecule has 6 heteroatoms. The van der Waals surface area contributed by atoms with Gasteiger partial charge in [-0.3, -0.25) is 0 Å². The van der Waals surface area contributed by atoms with Crippen molar-refractivity contribution in [2.45, 2.75) is 0 Å². The molecule has 4 nitrogen and oxygen atoms in total. The molecule has 0 spiro atoms. The Bertz CT molecular complexity index is 804. The van der Waals surface area contributed by atoms with E-state index in [1.165, 1.54) is 0 Å². The minimum absolute atomic E-state index is 0.565. The molecule has 0 amide bonds. The minimum atomic E-state index is 0.565. The molecular weight excluding hydrogens is 356 g/mol. The lowest BCUT2D eigenvalue weighted by Gasteiger charge is -2.17. The van der Waals surface area contributed by atoms with Crippen molar-refractivity contribution < 1.29 is 9.47 Å². The lowest BCUT2D eigenvalue weighted by Crippen LogP contribution is -2.15. The molecule has 0 saturated heterocycles. The molecule has 2 aromatic carbocycles. The molecule has 1 aromatic heterocycles. The van der Waals surface area contributed by atoms with Crippen LogP contribution in [0.1, 0.15) is 0 Å². The van der Waals surface area contributed by atoms with Crippen molar-refractivity contribution in [2.24, 2.45) is 0 Å². The summed E-state index contributed by atoms with van der Waals surface area (Å²) in [6.45, 7) is 1.13. The first-order valence-electron chi connectivity index (χ1n) is 6.45. The fraction of sp³-hybridized carbons (Fsp3) is 0.133. The fourth-order valence-corrected chi connectivity index (χ4v) is 2.96. The summed E-state index contributed by atoms with van der Waals surface area (Å²) in [6, 6.07) is 9.41. The second kappa shape index (κ2) is 4.93. The van der Waals surface area contributed by atoms with E-state index in [9.17, 15) is 0 Å². The zero-order valence-corrected chi connectivity index (χ0v) is 13.2. The number of benzene rings is 2. The molecule has 4 rings (SSSR count). The minimum Gasteiger partial charge on any atom is -0.486 e. The van der Waals surface area contributed by atoms with Gasteiger partial charge >= 0.3 is 0 Å². The number of ether oxygens (including phenoxy) is 2. The quantitative estimate of drug-likeness (QED) is 0.694. The van der Waals surface area contributed by atoms with E-state index in [4.69, 9.17) is 21.1 Å². The monoisotopic (exact) mass is 364 g/mol. The Labute approximate surface area is 134 Å². The Morgan fingerprint density at radius 1 is 1.10 bits per heavy atom.